The minimum Gasteiger partial charge on any atom is -0.395 e. The van der Waals surface area contributed by atoms with E-state index in [-0.39, 0.29) is 18.1 Å². The summed E-state index contributed by atoms with van der Waals surface area (Å²) in [6.07, 6.45) is 7.22. The van der Waals surface area contributed by atoms with Crippen molar-refractivity contribution in [2.75, 3.05) is 65.0 Å². The second-order valence-corrected chi connectivity index (χ2v) is 11.9. The number of hydrogen-bond donors (Lipinski definition) is 3. The highest BCUT2D eigenvalue weighted by atomic mass is 32.2. The first-order valence-electron chi connectivity index (χ1n) is 13.4. The number of aromatic nitrogens is 2. The van der Waals surface area contributed by atoms with Crippen LogP contribution in [0.5, 0.6) is 0 Å². The highest BCUT2D eigenvalue weighted by Crippen LogP contribution is 2.54. The lowest BCUT2D eigenvalue weighted by Crippen LogP contribution is -2.44. The summed E-state index contributed by atoms with van der Waals surface area (Å²) in [5, 5.41) is 12.2. The molecule has 2 spiro atoms. The van der Waals surface area contributed by atoms with Gasteiger partial charge in [0.05, 0.1) is 30.1 Å². The molecule has 10 heteroatoms. The van der Waals surface area contributed by atoms with Gasteiger partial charge in [0.15, 0.2) is 0 Å². The van der Waals surface area contributed by atoms with Crippen molar-refractivity contribution in [1.82, 2.24) is 9.97 Å². The molecule has 198 valence electrons. The first-order chi connectivity index (χ1) is 18.0. The number of hydrogen-bond acceptors (Lipinski definition) is 9. The summed E-state index contributed by atoms with van der Waals surface area (Å²) in [6, 6.07) is 7.70. The van der Waals surface area contributed by atoms with Gasteiger partial charge < -0.3 is 29.7 Å². The number of carbonyl (C=O) groups excluding carboxylic acids is 1. The van der Waals surface area contributed by atoms with E-state index in [4.69, 9.17) is 14.8 Å². The SMILES string of the molecule is Cc1cc(NC(=O)c2ccc(NSCCO)cc2N2CCC3(CC2)CC3)nc(N2CCOC3(CC3)C2)n1. The average molecular weight is 525 g/mol. The summed E-state index contributed by atoms with van der Waals surface area (Å²) >= 11 is 1.46. The fourth-order valence-corrected chi connectivity index (χ4v) is 6.01. The first kappa shape index (κ1) is 24.8. The number of aliphatic hydroxyl groups excluding tert-OH is 1. The largest absolute Gasteiger partial charge is 0.395 e. The predicted molar refractivity (Wildman–Crippen MR) is 148 cm³/mol. The lowest BCUT2D eigenvalue weighted by atomic mass is 9.93. The van der Waals surface area contributed by atoms with Crippen molar-refractivity contribution in [3.05, 3.63) is 35.5 Å². The van der Waals surface area contributed by atoms with Crippen LogP contribution in [0.4, 0.5) is 23.1 Å². The zero-order valence-corrected chi connectivity index (χ0v) is 22.3. The third-order valence-corrected chi connectivity index (χ3v) is 8.94. The van der Waals surface area contributed by atoms with Crippen molar-refractivity contribution in [2.24, 2.45) is 5.41 Å². The number of morpholine rings is 1. The van der Waals surface area contributed by atoms with Gasteiger partial charge in [0.25, 0.3) is 5.91 Å². The summed E-state index contributed by atoms with van der Waals surface area (Å²) in [7, 11) is 0. The maximum absolute atomic E-state index is 13.6. The van der Waals surface area contributed by atoms with E-state index in [2.05, 4.69) is 30.9 Å². The third-order valence-electron chi connectivity index (χ3n) is 8.17. The molecule has 4 fully saturated rings. The molecule has 1 aromatic heterocycles. The number of amides is 1. The zero-order chi connectivity index (χ0) is 25.5. The summed E-state index contributed by atoms with van der Waals surface area (Å²) in [4.78, 5) is 27.5. The van der Waals surface area contributed by atoms with Gasteiger partial charge in [0.2, 0.25) is 5.95 Å². The van der Waals surface area contributed by atoms with Crippen molar-refractivity contribution in [1.29, 1.82) is 0 Å². The van der Waals surface area contributed by atoms with Crippen LogP contribution in [0.2, 0.25) is 0 Å². The van der Waals surface area contributed by atoms with Gasteiger partial charge in [0, 0.05) is 49.4 Å². The second-order valence-electron chi connectivity index (χ2n) is 11.0. The second kappa shape index (κ2) is 9.96. The van der Waals surface area contributed by atoms with Gasteiger partial charge in [-0.3, -0.25) is 4.79 Å². The molecule has 2 aromatic rings. The lowest BCUT2D eigenvalue weighted by Gasteiger charge is -2.35. The first-order valence-corrected chi connectivity index (χ1v) is 14.4. The van der Waals surface area contributed by atoms with Crippen LogP contribution >= 0.6 is 11.9 Å². The minimum atomic E-state index is -0.166. The molecule has 3 heterocycles. The Morgan fingerprint density at radius 3 is 2.62 bits per heavy atom. The van der Waals surface area contributed by atoms with E-state index in [0.717, 1.165) is 56.1 Å². The number of ether oxygens (including phenoxy) is 1. The number of rotatable bonds is 8. The number of nitrogens with zero attached hydrogens (tertiary/aromatic N) is 4. The summed E-state index contributed by atoms with van der Waals surface area (Å²) < 4.78 is 9.24. The average Bonchev–Trinajstić information content (AvgIpc) is 3.83. The molecule has 6 rings (SSSR count). The van der Waals surface area contributed by atoms with E-state index < -0.39 is 0 Å². The molecule has 4 aliphatic rings. The monoisotopic (exact) mass is 524 g/mol. The molecule has 2 saturated carbocycles. The maximum atomic E-state index is 13.6. The molecule has 37 heavy (non-hydrogen) atoms. The molecule has 1 amide bonds. The number of anilines is 4. The van der Waals surface area contributed by atoms with Gasteiger partial charge in [0.1, 0.15) is 5.82 Å². The summed E-state index contributed by atoms with van der Waals surface area (Å²) in [5.74, 6) is 1.60. The van der Waals surface area contributed by atoms with Crippen molar-refractivity contribution >= 4 is 41.0 Å². The number of aliphatic hydroxyl groups is 1. The van der Waals surface area contributed by atoms with Gasteiger partial charge in [-0.25, -0.2) is 4.98 Å². The van der Waals surface area contributed by atoms with Gasteiger partial charge >= 0.3 is 0 Å². The summed E-state index contributed by atoms with van der Waals surface area (Å²) in [5.41, 5.74) is 3.87. The Morgan fingerprint density at radius 2 is 1.89 bits per heavy atom. The van der Waals surface area contributed by atoms with Crippen LogP contribution in [0.15, 0.2) is 24.3 Å². The van der Waals surface area contributed by atoms with Crippen LogP contribution in [-0.2, 0) is 4.74 Å². The Hall–Kier alpha value is -2.56. The fraction of sp³-hybridized carbons (Fsp3) is 0.593. The van der Waals surface area contributed by atoms with Crippen LogP contribution in [-0.4, -0.2) is 71.7 Å². The van der Waals surface area contributed by atoms with Crippen LogP contribution in [0.3, 0.4) is 0 Å². The van der Waals surface area contributed by atoms with Crippen molar-refractivity contribution in [2.45, 2.75) is 51.0 Å². The Kier molecular flexibility index (Phi) is 6.66. The summed E-state index contributed by atoms with van der Waals surface area (Å²) in [6.45, 7) is 6.20. The van der Waals surface area contributed by atoms with Gasteiger partial charge in [-0.1, -0.05) is 11.9 Å². The molecule has 2 saturated heterocycles. The number of nitrogens with one attached hydrogen (secondary N) is 2. The highest BCUT2D eigenvalue weighted by Gasteiger charge is 2.48. The number of carbonyl (C=O) groups is 1. The maximum Gasteiger partial charge on any atom is 0.258 e. The zero-order valence-electron chi connectivity index (χ0n) is 21.5. The Morgan fingerprint density at radius 1 is 1.08 bits per heavy atom. The van der Waals surface area contributed by atoms with E-state index in [0.29, 0.717) is 35.1 Å². The molecule has 0 bridgehead atoms. The van der Waals surface area contributed by atoms with E-state index in [9.17, 15) is 4.79 Å². The van der Waals surface area contributed by atoms with Crippen molar-refractivity contribution in [3.8, 4) is 0 Å². The Labute approximate surface area is 222 Å². The third kappa shape index (κ3) is 5.51. The molecule has 0 radical (unpaired) electrons. The Balaban J connectivity index is 1.22. The van der Waals surface area contributed by atoms with Crippen molar-refractivity contribution < 1.29 is 14.6 Å². The quantitative estimate of drug-likeness (QED) is 0.351. The molecular formula is C27H36N6O3S. The standard InChI is InChI=1S/C27H36N6O3S/c1-19-16-23(30-25(28-19)33-12-14-36-27(18-33)6-7-27)29-24(35)21-3-2-20(31-37-15-13-34)17-22(21)32-10-8-26(4-5-26)9-11-32/h2-3,16-17,31,34H,4-15,18H2,1H3,(H,28,29,30,35). The number of benzene rings is 1. The highest BCUT2D eigenvalue weighted by molar-refractivity contribution is 8.00. The van der Waals surface area contributed by atoms with Crippen LogP contribution < -0.4 is 19.8 Å². The number of aryl methyl sites for hydroxylation is 1. The molecule has 2 aliphatic carbocycles. The van der Waals surface area contributed by atoms with Crippen LogP contribution in [0, 0.1) is 12.3 Å². The molecular weight excluding hydrogens is 488 g/mol. The smallest absolute Gasteiger partial charge is 0.258 e. The van der Waals surface area contributed by atoms with Gasteiger partial charge in [-0.2, -0.15) is 4.98 Å². The van der Waals surface area contributed by atoms with E-state index in [1.54, 1.807) is 0 Å². The molecule has 0 unspecified atom stereocenters. The van der Waals surface area contributed by atoms with Crippen LogP contribution in [0.1, 0.15) is 54.6 Å². The molecule has 2 aliphatic heterocycles. The lowest BCUT2D eigenvalue weighted by molar-refractivity contribution is 0.0201. The minimum absolute atomic E-state index is 0.0254. The fourth-order valence-electron chi connectivity index (χ4n) is 5.53. The van der Waals surface area contributed by atoms with E-state index >= 15 is 0 Å². The van der Waals surface area contributed by atoms with Crippen LogP contribution in [0.25, 0.3) is 0 Å². The predicted octanol–water partition coefficient (Wildman–Crippen LogP) is 3.84. The van der Waals surface area contributed by atoms with Gasteiger partial charge in [-0.15, -0.1) is 0 Å². The number of piperidine rings is 1. The van der Waals surface area contributed by atoms with E-state index in [1.807, 2.05) is 25.1 Å². The van der Waals surface area contributed by atoms with E-state index in [1.165, 1.54) is 37.6 Å². The topological polar surface area (TPSA) is 103 Å². The molecule has 0 atom stereocenters. The molecule has 9 nitrogen and oxygen atoms in total. The normalized spacial score (nSPS) is 21.2. The molecule has 3 N–H and O–H groups in total. The van der Waals surface area contributed by atoms with Crippen molar-refractivity contribution in [3.63, 3.8) is 0 Å². The van der Waals surface area contributed by atoms with Gasteiger partial charge in [-0.05, 0) is 69.1 Å². The Bertz CT molecular complexity index is 1160. The molecule has 1 aromatic carbocycles.